The lowest BCUT2D eigenvalue weighted by Crippen LogP contribution is -2.31. The van der Waals surface area contributed by atoms with Crippen LogP contribution in [-0.2, 0) is 4.79 Å². The van der Waals surface area contributed by atoms with Crippen LogP contribution in [0.15, 0.2) is 0 Å². The molecule has 1 fully saturated rings. The topological polar surface area (TPSA) is 57.5 Å². The van der Waals surface area contributed by atoms with E-state index in [1.165, 1.54) is 96.3 Å². The lowest BCUT2D eigenvalue weighted by atomic mass is 9.75. The third kappa shape index (κ3) is 19.8. The number of aliphatic hydroxyl groups excluding tert-OH is 1. The summed E-state index contributed by atoms with van der Waals surface area (Å²) >= 11 is 0. The molecule has 0 radical (unpaired) electrons. The van der Waals surface area contributed by atoms with Crippen molar-refractivity contribution in [2.45, 2.75) is 156 Å². The highest BCUT2D eigenvalue weighted by Gasteiger charge is 2.28. The summed E-state index contributed by atoms with van der Waals surface area (Å²) in [5.41, 5.74) is 0. The maximum atomic E-state index is 10.3. The third-order valence-electron chi connectivity index (χ3n) is 6.98. The first-order valence-electron chi connectivity index (χ1n) is 13.8. The molecule has 1 aliphatic rings. The Morgan fingerprint density at radius 3 is 1.55 bits per heavy atom. The van der Waals surface area contributed by atoms with Crippen LogP contribution in [0.25, 0.3) is 0 Å². The highest BCUT2D eigenvalue weighted by atomic mass is 16.4. The van der Waals surface area contributed by atoms with Crippen LogP contribution in [0.1, 0.15) is 150 Å². The van der Waals surface area contributed by atoms with Gasteiger partial charge in [-0.05, 0) is 37.0 Å². The van der Waals surface area contributed by atoms with E-state index in [0.29, 0.717) is 18.3 Å². The molecule has 0 aromatic carbocycles. The molecule has 0 heterocycles. The highest BCUT2D eigenvalue weighted by Crippen LogP contribution is 2.33. The first-order chi connectivity index (χ1) is 14.9. The quantitative estimate of drug-likeness (QED) is 0.222. The summed E-state index contributed by atoms with van der Waals surface area (Å²) in [6, 6.07) is 0. The molecule has 186 valence electrons. The smallest absolute Gasteiger partial charge is 0.303 e. The average molecular weight is 441 g/mol. The minimum absolute atomic E-state index is 0.0289. The number of carboxylic acids is 1. The molecule has 0 aromatic rings. The van der Waals surface area contributed by atoms with Crippen LogP contribution >= 0.6 is 0 Å². The third-order valence-corrected chi connectivity index (χ3v) is 6.98. The predicted octanol–water partition coefficient (Wildman–Crippen LogP) is 8.77. The monoisotopic (exact) mass is 440 g/mol. The SMILES string of the molecule is CC1CCC(C(C)C)C(O)C1.CCCCCCCCCCCCCCCCCC(=O)O. The molecule has 3 nitrogen and oxygen atoms in total. The molecule has 3 heteroatoms. The number of aliphatic hydroxyl groups is 1. The Bertz CT molecular complexity index is 394. The fraction of sp³-hybridized carbons (Fsp3) is 0.964. The summed E-state index contributed by atoms with van der Waals surface area (Å²) in [6.45, 7) is 8.93. The van der Waals surface area contributed by atoms with E-state index in [1.54, 1.807) is 0 Å². The molecule has 0 amide bonds. The van der Waals surface area contributed by atoms with Gasteiger partial charge in [-0.25, -0.2) is 0 Å². The lowest BCUT2D eigenvalue weighted by molar-refractivity contribution is -0.137. The van der Waals surface area contributed by atoms with E-state index < -0.39 is 5.97 Å². The van der Waals surface area contributed by atoms with Crippen LogP contribution in [0.2, 0.25) is 0 Å². The Morgan fingerprint density at radius 1 is 0.774 bits per heavy atom. The molecule has 1 saturated carbocycles. The van der Waals surface area contributed by atoms with E-state index in [9.17, 15) is 9.90 Å². The van der Waals surface area contributed by atoms with Crippen molar-refractivity contribution in [1.82, 2.24) is 0 Å². The Labute approximate surface area is 194 Å². The minimum Gasteiger partial charge on any atom is -0.481 e. The van der Waals surface area contributed by atoms with E-state index in [4.69, 9.17) is 5.11 Å². The van der Waals surface area contributed by atoms with Crippen LogP contribution in [0.3, 0.4) is 0 Å². The normalized spacial score (nSPS) is 21.0. The van der Waals surface area contributed by atoms with Crippen molar-refractivity contribution in [3.63, 3.8) is 0 Å². The molecule has 0 saturated heterocycles. The second kappa shape index (κ2) is 21.3. The molecule has 31 heavy (non-hydrogen) atoms. The van der Waals surface area contributed by atoms with Crippen molar-refractivity contribution in [3.05, 3.63) is 0 Å². The van der Waals surface area contributed by atoms with Crippen molar-refractivity contribution >= 4 is 5.97 Å². The number of carbonyl (C=O) groups is 1. The van der Waals surface area contributed by atoms with Crippen LogP contribution in [0, 0.1) is 17.8 Å². The Morgan fingerprint density at radius 2 is 1.19 bits per heavy atom. The number of carboxylic acid groups (broad SMARTS) is 1. The zero-order chi connectivity index (χ0) is 23.3. The summed E-state index contributed by atoms with van der Waals surface area (Å²) in [6.07, 6.45) is 23.7. The van der Waals surface area contributed by atoms with Gasteiger partial charge in [-0.1, -0.05) is 124 Å². The van der Waals surface area contributed by atoms with Gasteiger partial charge in [0.25, 0.3) is 0 Å². The van der Waals surface area contributed by atoms with Crippen LogP contribution in [0.5, 0.6) is 0 Å². The van der Waals surface area contributed by atoms with Gasteiger partial charge in [-0.2, -0.15) is 0 Å². The maximum absolute atomic E-state index is 10.3. The molecular formula is C28H56O3. The largest absolute Gasteiger partial charge is 0.481 e. The summed E-state index contributed by atoms with van der Waals surface area (Å²) in [7, 11) is 0. The van der Waals surface area contributed by atoms with Crippen molar-refractivity contribution in [2.75, 3.05) is 0 Å². The lowest BCUT2D eigenvalue weighted by Gasteiger charge is -2.33. The first kappa shape index (κ1) is 30.4. The molecule has 0 bridgehead atoms. The van der Waals surface area contributed by atoms with Gasteiger partial charge in [-0.3, -0.25) is 4.79 Å². The zero-order valence-corrected chi connectivity index (χ0v) is 21.5. The van der Waals surface area contributed by atoms with E-state index in [2.05, 4.69) is 27.7 Å². The highest BCUT2D eigenvalue weighted by molar-refractivity contribution is 5.66. The summed E-state index contributed by atoms with van der Waals surface area (Å²) in [4.78, 5) is 10.3. The fourth-order valence-corrected chi connectivity index (χ4v) is 4.80. The molecule has 0 aromatic heterocycles. The molecule has 3 unspecified atom stereocenters. The zero-order valence-electron chi connectivity index (χ0n) is 21.5. The van der Waals surface area contributed by atoms with Gasteiger partial charge in [0.05, 0.1) is 6.10 Å². The molecular weight excluding hydrogens is 384 g/mol. The van der Waals surface area contributed by atoms with E-state index in [1.807, 2.05) is 0 Å². The fourth-order valence-electron chi connectivity index (χ4n) is 4.80. The second-order valence-electron chi connectivity index (χ2n) is 10.5. The summed E-state index contributed by atoms with van der Waals surface area (Å²) < 4.78 is 0. The molecule has 0 aliphatic heterocycles. The second-order valence-corrected chi connectivity index (χ2v) is 10.5. The molecule has 0 spiro atoms. The first-order valence-corrected chi connectivity index (χ1v) is 13.8. The maximum Gasteiger partial charge on any atom is 0.303 e. The average Bonchev–Trinajstić information content (AvgIpc) is 2.71. The van der Waals surface area contributed by atoms with Gasteiger partial charge >= 0.3 is 5.97 Å². The molecule has 1 aliphatic carbocycles. The number of unbranched alkanes of at least 4 members (excludes halogenated alkanes) is 14. The Kier molecular flexibility index (Phi) is 20.9. The number of aliphatic carboxylic acids is 1. The number of rotatable bonds is 17. The number of hydrogen-bond donors (Lipinski definition) is 2. The summed E-state index contributed by atoms with van der Waals surface area (Å²) in [5, 5.41) is 18.2. The van der Waals surface area contributed by atoms with Gasteiger partial charge in [0.1, 0.15) is 0 Å². The van der Waals surface area contributed by atoms with Crippen LogP contribution in [0.4, 0.5) is 0 Å². The van der Waals surface area contributed by atoms with Crippen molar-refractivity contribution < 1.29 is 15.0 Å². The van der Waals surface area contributed by atoms with Crippen LogP contribution < -0.4 is 0 Å². The van der Waals surface area contributed by atoms with Gasteiger partial charge < -0.3 is 10.2 Å². The van der Waals surface area contributed by atoms with E-state index in [-0.39, 0.29) is 6.10 Å². The predicted molar refractivity (Wildman–Crippen MR) is 135 cm³/mol. The Hall–Kier alpha value is -0.570. The van der Waals surface area contributed by atoms with Crippen molar-refractivity contribution in [1.29, 1.82) is 0 Å². The van der Waals surface area contributed by atoms with Crippen LogP contribution in [-0.4, -0.2) is 22.3 Å². The summed E-state index contributed by atoms with van der Waals surface area (Å²) in [5.74, 6) is 1.29. The van der Waals surface area contributed by atoms with E-state index >= 15 is 0 Å². The van der Waals surface area contributed by atoms with Gasteiger partial charge in [0, 0.05) is 6.42 Å². The van der Waals surface area contributed by atoms with Crippen molar-refractivity contribution in [2.24, 2.45) is 17.8 Å². The van der Waals surface area contributed by atoms with E-state index in [0.717, 1.165) is 25.2 Å². The van der Waals surface area contributed by atoms with Gasteiger partial charge in [0.2, 0.25) is 0 Å². The van der Waals surface area contributed by atoms with Gasteiger partial charge in [-0.15, -0.1) is 0 Å². The number of hydrogen-bond acceptors (Lipinski definition) is 2. The Balaban J connectivity index is 0.000000683. The minimum atomic E-state index is -0.653. The molecule has 3 atom stereocenters. The van der Waals surface area contributed by atoms with Crippen molar-refractivity contribution in [3.8, 4) is 0 Å². The standard InChI is InChI=1S/C18H36O2.C10H20O/c1-2-3-4-5-6-7-8-9-10-11-12-13-14-15-16-17-18(19)20;1-7(2)9-5-4-8(3)6-10(9)11/h2-17H2,1H3,(H,19,20);7-11H,4-6H2,1-3H3. The molecule has 1 rings (SSSR count). The van der Waals surface area contributed by atoms with Gasteiger partial charge in [0.15, 0.2) is 0 Å². The molecule has 2 N–H and O–H groups in total.